The molecule has 10 aromatic carbocycles. The summed E-state index contributed by atoms with van der Waals surface area (Å²) in [6.45, 7) is 0. The molecule has 64 heavy (non-hydrogen) atoms. The fraction of sp³-hybridized carbons (Fsp3) is 0. The molecule has 0 bridgehead atoms. The Bertz CT molecular complexity index is 3500. The Kier molecular flexibility index (Phi) is 9.12. The van der Waals surface area contributed by atoms with Crippen molar-refractivity contribution in [1.82, 2.24) is 4.57 Å². The number of furan rings is 1. The van der Waals surface area contributed by atoms with Crippen molar-refractivity contribution in [2.75, 3.05) is 9.80 Å². The molecular formula is C60H41N3O. The molecule has 12 rings (SSSR count). The van der Waals surface area contributed by atoms with E-state index in [0.717, 1.165) is 84.3 Å². The maximum absolute atomic E-state index is 6.72. The molecule has 2 aromatic heterocycles. The lowest BCUT2D eigenvalue weighted by molar-refractivity contribution is 0.632. The molecule has 12 aromatic rings. The van der Waals surface area contributed by atoms with Crippen LogP contribution in [0.3, 0.4) is 0 Å². The minimum Gasteiger partial charge on any atom is -0.456 e. The summed E-state index contributed by atoms with van der Waals surface area (Å²) in [6.07, 6.45) is 0. The molecule has 0 aliphatic carbocycles. The molecule has 4 nitrogen and oxygen atoms in total. The first-order chi connectivity index (χ1) is 31.7. The lowest BCUT2D eigenvalue weighted by atomic mass is 10.00. The Morgan fingerprint density at radius 3 is 1.31 bits per heavy atom. The van der Waals surface area contributed by atoms with Crippen LogP contribution in [0, 0.1) is 0 Å². The van der Waals surface area contributed by atoms with Crippen molar-refractivity contribution in [3.05, 3.63) is 249 Å². The highest BCUT2D eigenvalue weighted by atomic mass is 16.3. The number of para-hydroxylation sites is 4. The van der Waals surface area contributed by atoms with E-state index in [9.17, 15) is 0 Å². The first-order valence-electron chi connectivity index (χ1n) is 21.7. The zero-order valence-corrected chi connectivity index (χ0v) is 34.9. The van der Waals surface area contributed by atoms with E-state index < -0.39 is 0 Å². The fourth-order valence-corrected chi connectivity index (χ4v) is 9.33. The van der Waals surface area contributed by atoms with E-state index in [1.807, 2.05) is 0 Å². The number of fused-ring (bicyclic) bond motifs is 5. The topological polar surface area (TPSA) is 24.6 Å². The molecule has 0 saturated heterocycles. The second-order valence-electron chi connectivity index (χ2n) is 16.2. The largest absolute Gasteiger partial charge is 0.456 e. The third-order valence-electron chi connectivity index (χ3n) is 12.3. The molecule has 0 atom stereocenters. The highest BCUT2D eigenvalue weighted by Crippen LogP contribution is 2.42. The van der Waals surface area contributed by atoms with Gasteiger partial charge in [-0.2, -0.15) is 0 Å². The third kappa shape index (κ3) is 6.57. The number of nitrogens with zero attached hydrogens (tertiary/aromatic N) is 3. The summed E-state index contributed by atoms with van der Waals surface area (Å²) in [5, 5.41) is 7.03. The van der Waals surface area contributed by atoms with Gasteiger partial charge in [0.1, 0.15) is 11.3 Å². The zero-order valence-electron chi connectivity index (χ0n) is 34.9. The Hall–Kier alpha value is -8.60. The third-order valence-corrected chi connectivity index (χ3v) is 12.3. The summed E-state index contributed by atoms with van der Waals surface area (Å²) in [7, 11) is 0. The van der Waals surface area contributed by atoms with Crippen molar-refractivity contribution in [2.45, 2.75) is 0 Å². The van der Waals surface area contributed by atoms with Crippen LogP contribution in [0.25, 0.3) is 71.7 Å². The number of hydrogen-bond donors (Lipinski definition) is 0. The molecule has 0 unspecified atom stereocenters. The van der Waals surface area contributed by atoms with E-state index >= 15 is 0 Å². The fourth-order valence-electron chi connectivity index (χ4n) is 9.33. The monoisotopic (exact) mass is 819 g/mol. The van der Waals surface area contributed by atoms with Crippen molar-refractivity contribution < 1.29 is 4.42 Å². The molecule has 2 heterocycles. The van der Waals surface area contributed by atoms with Crippen LogP contribution in [0.15, 0.2) is 253 Å². The van der Waals surface area contributed by atoms with E-state index in [2.05, 4.69) is 263 Å². The Morgan fingerprint density at radius 2 is 0.766 bits per heavy atom. The predicted octanol–water partition coefficient (Wildman–Crippen LogP) is 17.0. The van der Waals surface area contributed by atoms with Crippen LogP contribution < -0.4 is 9.80 Å². The number of anilines is 6. The van der Waals surface area contributed by atoms with E-state index in [4.69, 9.17) is 4.42 Å². The summed E-state index contributed by atoms with van der Waals surface area (Å²) in [5.74, 6) is 0.833. The molecule has 0 spiro atoms. The summed E-state index contributed by atoms with van der Waals surface area (Å²) < 4.78 is 9.17. The van der Waals surface area contributed by atoms with Crippen molar-refractivity contribution >= 4 is 77.5 Å². The van der Waals surface area contributed by atoms with E-state index in [1.54, 1.807) is 0 Å². The van der Waals surface area contributed by atoms with Gasteiger partial charge in [0.2, 0.25) is 0 Å². The van der Waals surface area contributed by atoms with E-state index in [0.29, 0.717) is 0 Å². The molecule has 4 heteroatoms. The minimum atomic E-state index is 0.833. The maximum Gasteiger partial charge on any atom is 0.135 e. The van der Waals surface area contributed by atoms with Gasteiger partial charge in [0, 0.05) is 55.8 Å². The minimum absolute atomic E-state index is 0.833. The number of aromatic nitrogens is 1. The molecule has 0 radical (unpaired) electrons. The molecular weight excluding hydrogens is 779 g/mol. The molecule has 0 amide bonds. The van der Waals surface area contributed by atoms with Gasteiger partial charge in [0.25, 0.3) is 0 Å². The second kappa shape index (κ2) is 15.7. The van der Waals surface area contributed by atoms with Gasteiger partial charge < -0.3 is 18.8 Å². The van der Waals surface area contributed by atoms with Gasteiger partial charge in [0.05, 0.1) is 16.9 Å². The Labute approximate surface area is 371 Å². The van der Waals surface area contributed by atoms with E-state index in [1.165, 1.54) is 21.5 Å². The Morgan fingerprint density at radius 1 is 0.312 bits per heavy atom. The average Bonchev–Trinajstić information content (AvgIpc) is 3.96. The van der Waals surface area contributed by atoms with Gasteiger partial charge in [0.15, 0.2) is 0 Å². The van der Waals surface area contributed by atoms with Crippen LogP contribution in [0.1, 0.15) is 0 Å². The highest BCUT2D eigenvalue weighted by Gasteiger charge is 2.20. The smallest absolute Gasteiger partial charge is 0.135 e. The van der Waals surface area contributed by atoms with Crippen LogP contribution in [0.2, 0.25) is 0 Å². The Balaban J connectivity index is 0.992. The van der Waals surface area contributed by atoms with Crippen molar-refractivity contribution in [2.24, 2.45) is 0 Å². The van der Waals surface area contributed by atoms with E-state index in [-0.39, 0.29) is 0 Å². The van der Waals surface area contributed by atoms with Crippen molar-refractivity contribution in [1.29, 1.82) is 0 Å². The maximum atomic E-state index is 6.72. The quantitative estimate of drug-likeness (QED) is 0.136. The van der Waals surface area contributed by atoms with Crippen LogP contribution in [-0.2, 0) is 0 Å². The van der Waals surface area contributed by atoms with Crippen LogP contribution in [0.4, 0.5) is 34.1 Å². The number of benzene rings is 10. The van der Waals surface area contributed by atoms with Crippen LogP contribution in [-0.4, -0.2) is 4.57 Å². The van der Waals surface area contributed by atoms with Gasteiger partial charge >= 0.3 is 0 Å². The van der Waals surface area contributed by atoms with Gasteiger partial charge in [-0.3, -0.25) is 0 Å². The number of hydrogen-bond acceptors (Lipinski definition) is 3. The molecule has 0 saturated carbocycles. The van der Waals surface area contributed by atoms with Crippen LogP contribution in [0.5, 0.6) is 0 Å². The first kappa shape index (κ1) is 37.2. The number of rotatable bonds is 9. The normalized spacial score (nSPS) is 11.4. The van der Waals surface area contributed by atoms with Gasteiger partial charge in [-0.15, -0.1) is 0 Å². The predicted molar refractivity (Wildman–Crippen MR) is 268 cm³/mol. The van der Waals surface area contributed by atoms with Gasteiger partial charge in [-0.25, -0.2) is 0 Å². The average molecular weight is 820 g/mol. The summed E-state index contributed by atoms with van der Waals surface area (Å²) in [4.78, 5) is 4.58. The standard InChI is InChI=1S/C60H41N3O/c1-5-18-47(19-6-1)61(48-20-7-2-8-21-48)51-33-29-42(30-34-51)56-38-45-40-60-46(39-57(45)63(56)58-37-44-17-13-14-26-53(44)54-27-15-16-28-55(54)58)41-59(64-60)43-31-35-52(36-32-43)62(49-22-9-3-10-23-49)50-24-11-4-12-25-50/h1-41H. The lowest BCUT2D eigenvalue weighted by Crippen LogP contribution is -2.09. The molecule has 302 valence electrons. The van der Waals surface area contributed by atoms with Crippen LogP contribution >= 0.6 is 0 Å². The molecule has 0 N–H and O–H groups in total. The van der Waals surface area contributed by atoms with Gasteiger partial charge in [-0.05, 0) is 137 Å². The van der Waals surface area contributed by atoms with Gasteiger partial charge in [-0.1, -0.05) is 133 Å². The lowest BCUT2D eigenvalue weighted by Gasteiger charge is -2.25. The van der Waals surface area contributed by atoms with Crippen molar-refractivity contribution in [3.8, 4) is 28.3 Å². The van der Waals surface area contributed by atoms with Crippen molar-refractivity contribution in [3.63, 3.8) is 0 Å². The molecule has 0 aliphatic heterocycles. The first-order valence-corrected chi connectivity index (χ1v) is 21.7. The zero-order chi connectivity index (χ0) is 42.4. The summed E-state index contributed by atoms with van der Waals surface area (Å²) in [6, 6.07) is 88.6. The molecule has 0 aliphatic rings. The summed E-state index contributed by atoms with van der Waals surface area (Å²) in [5.41, 5.74) is 13.0. The summed E-state index contributed by atoms with van der Waals surface area (Å²) >= 11 is 0. The highest BCUT2D eigenvalue weighted by molar-refractivity contribution is 6.12. The SMILES string of the molecule is c1ccc(N(c2ccccc2)c2ccc(-c3cc4cc5c(cc(-c6ccc(N(c7ccccc7)c7ccccc7)cc6)n5-c5cc6ccccc6c6ccccc56)cc4o3)cc2)cc1. The molecule has 0 fully saturated rings. The second-order valence-corrected chi connectivity index (χ2v) is 16.2.